The Kier molecular flexibility index (Phi) is 6.09. The first-order valence-electron chi connectivity index (χ1n) is 9.55. The fourth-order valence-electron chi connectivity index (χ4n) is 3.44. The van der Waals surface area contributed by atoms with Crippen LogP contribution >= 0.6 is 0 Å². The molecule has 162 valence electrons. The highest BCUT2D eigenvalue weighted by molar-refractivity contribution is 7.93. The monoisotopic (exact) mass is 451 g/mol. The van der Waals surface area contributed by atoms with Crippen LogP contribution in [0, 0.1) is 6.92 Å². The summed E-state index contributed by atoms with van der Waals surface area (Å²) in [6.45, 7) is 3.74. The first-order chi connectivity index (χ1) is 14.0. The Morgan fingerprint density at radius 3 is 2.40 bits per heavy atom. The van der Waals surface area contributed by atoms with Gasteiger partial charge in [0.05, 0.1) is 22.5 Å². The first kappa shape index (κ1) is 22.1. The van der Waals surface area contributed by atoms with Gasteiger partial charge in [-0.3, -0.25) is 13.8 Å². The zero-order valence-electron chi connectivity index (χ0n) is 17.1. The van der Waals surface area contributed by atoms with Crippen LogP contribution in [0.2, 0.25) is 0 Å². The minimum atomic E-state index is -3.90. The van der Waals surface area contributed by atoms with Gasteiger partial charge in [-0.05, 0) is 61.2 Å². The maximum atomic E-state index is 12.9. The lowest BCUT2D eigenvalue weighted by molar-refractivity contribution is -0.115. The molecule has 0 radical (unpaired) electrons. The Balaban J connectivity index is 1.90. The molecule has 0 atom stereocenters. The Morgan fingerprint density at radius 1 is 1.07 bits per heavy atom. The molecule has 3 rings (SSSR count). The van der Waals surface area contributed by atoms with E-state index in [9.17, 15) is 21.6 Å². The van der Waals surface area contributed by atoms with Crippen molar-refractivity contribution in [2.24, 2.45) is 0 Å². The molecule has 1 heterocycles. The molecule has 1 aliphatic rings. The van der Waals surface area contributed by atoms with E-state index in [0.717, 1.165) is 18.2 Å². The average molecular weight is 452 g/mol. The molecule has 2 N–H and O–H groups in total. The summed E-state index contributed by atoms with van der Waals surface area (Å²) in [5.41, 5.74) is 2.65. The van der Waals surface area contributed by atoms with Crippen LogP contribution in [-0.2, 0) is 31.3 Å². The third-order valence-electron chi connectivity index (χ3n) is 4.88. The molecule has 1 aliphatic heterocycles. The van der Waals surface area contributed by atoms with Gasteiger partial charge in [0, 0.05) is 18.7 Å². The zero-order valence-corrected chi connectivity index (χ0v) is 18.7. The summed E-state index contributed by atoms with van der Waals surface area (Å²) < 4.78 is 53.9. The van der Waals surface area contributed by atoms with Gasteiger partial charge in [0.15, 0.2) is 0 Å². The predicted molar refractivity (Wildman–Crippen MR) is 118 cm³/mol. The predicted octanol–water partition coefficient (Wildman–Crippen LogP) is 2.86. The number of carbonyl (C=O) groups is 1. The summed E-state index contributed by atoms with van der Waals surface area (Å²) in [4.78, 5) is 11.6. The van der Waals surface area contributed by atoms with E-state index in [1.165, 1.54) is 16.4 Å². The van der Waals surface area contributed by atoms with E-state index in [2.05, 4.69) is 10.0 Å². The minimum absolute atomic E-state index is 0.0784. The third kappa shape index (κ3) is 4.76. The van der Waals surface area contributed by atoms with Crippen molar-refractivity contribution < 1.29 is 21.6 Å². The summed E-state index contributed by atoms with van der Waals surface area (Å²) in [7, 11) is -7.36. The van der Waals surface area contributed by atoms with Crippen LogP contribution in [0.1, 0.15) is 30.9 Å². The van der Waals surface area contributed by atoms with Crippen molar-refractivity contribution in [1.29, 1.82) is 0 Å². The normalized spacial score (nSPS) is 14.2. The number of sulfonamides is 2. The smallest absolute Gasteiger partial charge is 0.262 e. The van der Waals surface area contributed by atoms with Gasteiger partial charge in [0.1, 0.15) is 0 Å². The van der Waals surface area contributed by atoms with E-state index in [-0.39, 0.29) is 16.5 Å². The minimum Gasteiger partial charge on any atom is -0.326 e. The molecule has 0 fully saturated rings. The summed E-state index contributed by atoms with van der Waals surface area (Å²) >= 11 is 0. The van der Waals surface area contributed by atoms with E-state index < -0.39 is 20.0 Å². The molecular weight excluding hydrogens is 426 g/mol. The van der Waals surface area contributed by atoms with Crippen molar-refractivity contribution in [2.45, 2.75) is 38.0 Å². The van der Waals surface area contributed by atoms with Crippen LogP contribution in [0.4, 0.5) is 17.1 Å². The molecule has 10 heteroatoms. The van der Waals surface area contributed by atoms with Crippen LogP contribution in [0.5, 0.6) is 0 Å². The molecule has 1 amide bonds. The van der Waals surface area contributed by atoms with Crippen molar-refractivity contribution >= 4 is 43.0 Å². The number of carbonyl (C=O) groups excluding carboxylic acids is 1. The van der Waals surface area contributed by atoms with E-state index in [1.807, 2.05) is 0 Å². The molecule has 2 aromatic carbocycles. The van der Waals surface area contributed by atoms with Crippen molar-refractivity contribution in [3.63, 3.8) is 0 Å². The standard InChI is InChI=1S/C20H25N3O5S2/c1-4-20(24)21-16-9-10-19(14(2)12-16)30(27,28)22-17-8-7-15-6-5-11-23(18(15)13-17)29(3,25)26/h7-10,12-13,22H,4-6,11H2,1-3H3,(H,21,24). The second-order valence-corrected chi connectivity index (χ2v) is 10.8. The molecule has 30 heavy (non-hydrogen) atoms. The molecule has 0 unspecified atom stereocenters. The lowest BCUT2D eigenvalue weighted by Gasteiger charge is -2.29. The van der Waals surface area contributed by atoms with Gasteiger partial charge >= 0.3 is 0 Å². The summed E-state index contributed by atoms with van der Waals surface area (Å²) in [6.07, 6.45) is 2.91. The number of aryl methyl sites for hydroxylation is 2. The van der Waals surface area contributed by atoms with E-state index in [0.29, 0.717) is 36.3 Å². The number of nitrogens with one attached hydrogen (secondary N) is 2. The number of fused-ring (bicyclic) bond motifs is 1. The van der Waals surface area contributed by atoms with Crippen molar-refractivity contribution in [1.82, 2.24) is 0 Å². The summed E-state index contributed by atoms with van der Waals surface area (Å²) in [6, 6.07) is 9.50. The number of hydrogen-bond acceptors (Lipinski definition) is 5. The highest BCUT2D eigenvalue weighted by Gasteiger charge is 2.25. The SMILES string of the molecule is CCC(=O)Nc1ccc(S(=O)(=O)Nc2ccc3c(c2)N(S(C)(=O)=O)CCC3)c(C)c1. The molecular formula is C20H25N3O5S2. The second kappa shape index (κ2) is 8.27. The van der Waals surface area contributed by atoms with Gasteiger partial charge in [-0.1, -0.05) is 13.0 Å². The second-order valence-electron chi connectivity index (χ2n) is 7.27. The topological polar surface area (TPSA) is 113 Å². The molecule has 2 aromatic rings. The first-order valence-corrected chi connectivity index (χ1v) is 12.9. The van der Waals surface area contributed by atoms with E-state index in [1.54, 1.807) is 38.1 Å². The molecule has 0 bridgehead atoms. The fraction of sp³-hybridized carbons (Fsp3) is 0.350. The van der Waals surface area contributed by atoms with Gasteiger partial charge in [0.25, 0.3) is 10.0 Å². The molecule has 0 saturated heterocycles. The molecule has 0 spiro atoms. The largest absolute Gasteiger partial charge is 0.326 e. The highest BCUT2D eigenvalue weighted by atomic mass is 32.2. The average Bonchev–Trinajstić information content (AvgIpc) is 2.66. The van der Waals surface area contributed by atoms with Gasteiger partial charge in [0.2, 0.25) is 15.9 Å². The number of anilines is 3. The Labute approximate surface area is 177 Å². The van der Waals surface area contributed by atoms with Crippen LogP contribution in [0.3, 0.4) is 0 Å². The Morgan fingerprint density at radius 2 is 1.77 bits per heavy atom. The van der Waals surface area contributed by atoms with Crippen molar-refractivity contribution in [2.75, 3.05) is 27.1 Å². The van der Waals surface area contributed by atoms with E-state index >= 15 is 0 Å². The number of hydrogen-bond donors (Lipinski definition) is 2. The molecule has 8 nitrogen and oxygen atoms in total. The van der Waals surface area contributed by atoms with Crippen molar-refractivity contribution in [3.8, 4) is 0 Å². The maximum absolute atomic E-state index is 12.9. The van der Waals surface area contributed by atoms with Gasteiger partial charge in [-0.2, -0.15) is 0 Å². The van der Waals surface area contributed by atoms with Crippen molar-refractivity contribution in [3.05, 3.63) is 47.5 Å². The van der Waals surface area contributed by atoms with Crippen LogP contribution < -0.4 is 14.3 Å². The highest BCUT2D eigenvalue weighted by Crippen LogP contribution is 2.32. The fourth-order valence-corrected chi connectivity index (χ4v) is 5.70. The third-order valence-corrected chi connectivity index (χ3v) is 7.60. The summed E-state index contributed by atoms with van der Waals surface area (Å²) in [5, 5.41) is 2.70. The van der Waals surface area contributed by atoms with Crippen LogP contribution in [-0.4, -0.2) is 35.5 Å². The van der Waals surface area contributed by atoms with Crippen LogP contribution in [0.25, 0.3) is 0 Å². The Hall–Kier alpha value is -2.59. The zero-order chi connectivity index (χ0) is 22.1. The quantitative estimate of drug-likeness (QED) is 0.701. The lowest BCUT2D eigenvalue weighted by atomic mass is 10.0. The van der Waals surface area contributed by atoms with E-state index in [4.69, 9.17) is 0 Å². The molecule has 0 saturated carbocycles. The van der Waals surface area contributed by atoms with Gasteiger partial charge < -0.3 is 5.32 Å². The number of nitrogens with zero attached hydrogens (tertiary/aromatic N) is 1. The Bertz CT molecular complexity index is 1190. The van der Waals surface area contributed by atoms with Crippen LogP contribution in [0.15, 0.2) is 41.3 Å². The lowest BCUT2D eigenvalue weighted by Crippen LogP contribution is -2.34. The van der Waals surface area contributed by atoms with Gasteiger partial charge in [-0.15, -0.1) is 0 Å². The number of rotatable bonds is 6. The number of benzene rings is 2. The number of amides is 1. The molecule has 0 aromatic heterocycles. The van der Waals surface area contributed by atoms with Gasteiger partial charge in [-0.25, -0.2) is 16.8 Å². The maximum Gasteiger partial charge on any atom is 0.262 e. The summed E-state index contributed by atoms with van der Waals surface area (Å²) in [5.74, 6) is -0.160. The molecule has 0 aliphatic carbocycles.